The summed E-state index contributed by atoms with van der Waals surface area (Å²) >= 11 is 0. The molecule has 0 heterocycles. The molecule has 0 aromatic heterocycles. The van der Waals surface area contributed by atoms with Crippen molar-refractivity contribution in [2.24, 2.45) is 0 Å². The minimum Gasteiger partial charge on any atom is -0.396 e. The second kappa shape index (κ2) is 4.21. The Labute approximate surface area is 71.9 Å². The van der Waals surface area contributed by atoms with Crippen molar-refractivity contribution in [2.75, 3.05) is 6.61 Å². The van der Waals surface area contributed by atoms with Crippen molar-refractivity contribution in [2.45, 2.75) is 19.3 Å². The fourth-order valence-electron chi connectivity index (χ4n) is 1.25. The molecule has 0 bridgehead atoms. The number of hydrogen-bond donors (Lipinski definition) is 1. The third kappa shape index (κ3) is 1.83. The van der Waals surface area contributed by atoms with Crippen molar-refractivity contribution in [3.63, 3.8) is 0 Å². The summed E-state index contributed by atoms with van der Waals surface area (Å²) in [4.78, 5) is 0. The van der Waals surface area contributed by atoms with Crippen molar-refractivity contribution in [1.29, 1.82) is 0 Å². The van der Waals surface area contributed by atoms with Crippen LogP contribution in [-0.2, 0) is 0 Å². The van der Waals surface area contributed by atoms with Crippen LogP contribution in [0.2, 0.25) is 0 Å². The average molecular weight is 168 g/mol. The minimum absolute atomic E-state index is 0.0113. The first-order chi connectivity index (χ1) is 5.79. The first kappa shape index (κ1) is 9.20. The molecule has 0 fully saturated rings. The molecule has 2 heteroatoms. The Morgan fingerprint density at radius 1 is 1.42 bits per heavy atom. The van der Waals surface area contributed by atoms with E-state index in [0.717, 1.165) is 6.42 Å². The third-order valence-corrected chi connectivity index (χ3v) is 2.06. The van der Waals surface area contributed by atoms with Crippen molar-refractivity contribution >= 4 is 0 Å². The van der Waals surface area contributed by atoms with Crippen LogP contribution in [0, 0.1) is 5.82 Å². The lowest BCUT2D eigenvalue weighted by atomic mass is 9.97. The van der Waals surface area contributed by atoms with Crippen LogP contribution in [0.3, 0.4) is 0 Å². The van der Waals surface area contributed by atoms with Crippen LogP contribution in [0.25, 0.3) is 0 Å². The molecule has 0 radical (unpaired) electrons. The van der Waals surface area contributed by atoms with Gasteiger partial charge in [0, 0.05) is 5.92 Å². The Bertz CT molecular complexity index is 243. The maximum atomic E-state index is 13.1. The molecule has 1 nitrogen and oxygen atoms in total. The molecular weight excluding hydrogens is 155 g/mol. The average Bonchev–Trinajstić information content (AvgIpc) is 2.10. The molecule has 0 spiro atoms. The smallest absolute Gasteiger partial charge is 0.126 e. The summed E-state index contributed by atoms with van der Waals surface area (Å²) < 4.78 is 13.1. The van der Waals surface area contributed by atoms with Gasteiger partial charge in [-0.2, -0.15) is 0 Å². The molecule has 0 amide bonds. The number of halogens is 1. The van der Waals surface area contributed by atoms with E-state index in [9.17, 15) is 4.39 Å². The highest BCUT2D eigenvalue weighted by atomic mass is 19.1. The highest BCUT2D eigenvalue weighted by Gasteiger charge is 2.11. The van der Waals surface area contributed by atoms with E-state index >= 15 is 0 Å². The third-order valence-electron chi connectivity index (χ3n) is 2.06. The first-order valence-corrected chi connectivity index (χ1v) is 4.14. The standard InChI is InChI=1S/C10H13FO/c1-2-8(7-12)9-5-3-4-6-10(9)11/h3-6,8,12H,2,7H2,1H3. The van der Waals surface area contributed by atoms with Crippen LogP contribution in [0.4, 0.5) is 4.39 Å². The topological polar surface area (TPSA) is 20.2 Å². The molecule has 1 rings (SSSR count). The van der Waals surface area contributed by atoms with Gasteiger partial charge in [-0.05, 0) is 18.1 Å². The van der Waals surface area contributed by atoms with Gasteiger partial charge >= 0.3 is 0 Å². The van der Waals surface area contributed by atoms with E-state index in [1.807, 2.05) is 6.92 Å². The van der Waals surface area contributed by atoms with Gasteiger partial charge in [-0.25, -0.2) is 4.39 Å². The van der Waals surface area contributed by atoms with Crippen molar-refractivity contribution in [3.05, 3.63) is 35.6 Å². The maximum absolute atomic E-state index is 13.1. The quantitative estimate of drug-likeness (QED) is 0.734. The molecule has 0 aliphatic rings. The lowest BCUT2D eigenvalue weighted by Crippen LogP contribution is -2.04. The maximum Gasteiger partial charge on any atom is 0.126 e. The summed E-state index contributed by atoms with van der Waals surface area (Å²) in [7, 11) is 0. The molecule has 1 N–H and O–H groups in total. The molecule has 1 aromatic rings. The summed E-state index contributed by atoms with van der Waals surface area (Å²) in [5.41, 5.74) is 0.613. The van der Waals surface area contributed by atoms with E-state index in [0.29, 0.717) is 5.56 Å². The van der Waals surface area contributed by atoms with Gasteiger partial charge in [-0.3, -0.25) is 0 Å². The number of aliphatic hydroxyl groups excluding tert-OH is 1. The molecule has 1 unspecified atom stereocenters. The van der Waals surface area contributed by atoms with E-state index in [2.05, 4.69) is 0 Å². The molecule has 66 valence electrons. The SMILES string of the molecule is CCC(CO)c1ccccc1F. The Kier molecular flexibility index (Phi) is 3.23. The fourth-order valence-corrected chi connectivity index (χ4v) is 1.25. The van der Waals surface area contributed by atoms with Gasteiger partial charge in [-0.1, -0.05) is 25.1 Å². The first-order valence-electron chi connectivity index (χ1n) is 4.14. The number of hydrogen-bond acceptors (Lipinski definition) is 1. The highest BCUT2D eigenvalue weighted by molar-refractivity contribution is 5.21. The lowest BCUT2D eigenvalue weighted by molar-refractivity contribution is 0.259. The van der Waals surface area contributed by atoms with Crippen LogP contribution >= 0.6 is 0 Å². The monoisotopic (exact) mass is 168 g/mol. The molecular formula is C10H13FO. The molecule has 1 aromatic carbocycles. The molecule has 1 atom stereocenters. The van der Waals surface area contributed by atoms with E-state index < -0.39 is 0 Å². The van der Waals surface area contributed by atoms with Gasteiger partial charge in [0.25, 0.3) is 0 Å². The Hall–Kier alpha value is -0.890. The lowest BCUT2D eigenvalue weighted by Gasteiger charge is -2.11. The Morgan fingerprint density at radius 2 is 2.08 bits per heavy atom. The van der Waals surface area contributed by atoms with Gasteiger partial charge in [0.2, 0.25) is 0 Å². The van der Waals surface area contributed by atoms with Gasteiger partial charge in [0.05, 0.1) is 6.61 Å². The van der Waals surface area contributed by atoms with Crippen LogP contribution in [0.15, 0.2) is 24.3 Å². The zero-order valence-electron chi connectivity index (χ0n) is 7.13. The summed E-state index contributed by atoms with van der Waals surface area (Å²) in [6, 6.07) is 6.59. The van der Waals surface area contributed by atoms with Crippen LogP contribution in [-0.4, -0.2) is 11.7 Å². The normalized spacial score (nSPS) is 12.9. The van der Waals surface area contributed by atoms with Crippen LogP contribution in [0.1, 0.15) is 24.8 Å². The Balaban J connectivity index is 2.92. The van der Waals surface area contributed by atoms with Gasteiger partial charge < -0.3 is 5.11 Å². The van der Waals surface area contributed by atoms with E-state index in [1.165, 1.54) is 6.07 Å². The van der Waals surface area contributed by atoms with Gasteiger partial charge in [0.15, 0.2) is 0 Å². The van der Waals surface area contributed by atoms with Crippen molar-refractivity contribution in [3.8, 4) is 0 Å². The van der Waals surface area contributed by atoms with Gasteiger partial charge in [-0.15, -0.1) is 0 Å². The summed E-state index contributed by atoms with van der Waals surface area (Å²) in [6.07, 6.45) is 0.761. The summed E-state index contributed by atoms with van der Waals surface area (Å²) in [5, 5.41) is 8.94. The molecule has 0 saturated carbocycles. The number of benzene rings is 1. The van der Waals surface area contributed by atoms with E-state index in [-0.39, 0.29) is 18.3 Å². The summed E-state index contributed by atoms with van der Waals surface area (Å²) in [5.74, 6) is -0.287. The van der Waals surface area contributed by atoms with E-state index in [1.54, 1.807) is 18.2 Å². The second-order valence-electron chi connectivity index (χ2n) is 2.81. The van der Waals surface area contributed by atoms with Crippen molar-refractivity contribution in [1.82, 2.24) is 0 Å². The predicted molar refractivity (Wildman–Crippen MR) is 46.5 cm³/mol. The van der Waals surface area contributed by atoms with Gasteiger partial charge in [0.1, 0.15) is 5.82 Å². The second-order valence-corrected chi connectivity index (χ2v) is 2.81. The molecule has 12 heavy (non-hydrogen) atoms. The zero-order valence-corrected chi connectivity index (χ0v) is 7.13. The molecule has 0 aliphatic heterocycles. The largest absolute Gasteiger partial charge is 0.396 e. The minimum atomic E-state index is -0.224. The predicted octanol–water partition coefficient (Wildman–Crippen LogP) is 2.31. The van der Waals surface area contributed by atoms with Crippen molar-refractivity contribution < 1.29 is 9.50 Å². The van der Waals surface area contributed by atoms with Crippen LogP contribution in [0.5, 0.6) is 0 Å². The van der Waals surface area contributed by atoms with E-state index in [4.69, 9.17) is 5.11 Å². The zero-order chi connectivity index (χ0) is 8.97. The Morgan fingerprint density at radius 3 is 2.58 bits per heavy atom. The summed E-state index contributed by atoms with van der Waals surface area (Å²) in [6.45, 7) is 1.95. The highest BCUT2D eigenvalue weighted by Crippen LogP contribution is 2.21. The number of rotatable bonds is 3. The van der Waals surface area contributed by atoms with Crippen LogP contribution < -0.4 is 0 Å². The molecule has 0 saturated heterocycles. The number of aliphatic hydroxyl groups is 1. The molecule has 0 aliphatic carbocycles. The fraction of sp³-hybridized carbons (Fsp3) is 0.400.